The van der Waals surface area contributed by atoms with E-state index in [-0.39, 0.29) is 11.6 Å². The molecule has 2 N–H and O–H groups in total. The highest BCUT2D eigenvalue weighted by molar-refractivity contribution is 7.11. The van der Waals surface area contributed by atoms with E-state index in [4.69, 9.17) is 0 Å². The van der Waals surface area contributed by atoms with E-state index < -0.39 is 0 Å². The Morgan fingerprint density at radius 1 is 1.24 bits per heavy atom. The average molecular weight is 352 g/mol. The van der Waals surface area contributed by atoms with Crippen LogP contribution in [-0.4, -0.2) is 24.7 Å². The number of nitrogens with one attached hydrogen (secondary N) is 2. The normalized spacial score (nSPS) is 12.4. The lowest BCUT2D eigenvalue weighted by atomic mass is 10.3. The van der Waals surface area contributed by atoms with Crippen LogP contribution in [0, 0.1) is 6.92 Å². The number of rotatable bonds is 4. The molecule has 0 radical (unpaired) electrons. The number of anilines is 1. The number of aromatic amines is 1. The van der Waals surface area contributed by atoms with Gasteiger partial charge in [0.1, 0.15) is 10.4 Å². The summed E-state index contributed by atoms with van der Waals surface area (Å²) in [7, 11) is 0. The van der Waals surface area contributed by atoms with Gasteiger partial charge in [0, 0.05) is 11.1 Å². The number of nitrogens with zero attached hydrogens (tertiary/aromatic N) is 4. The predicted molar refractivity (Wildman–Crippen MR) is 98.4 cm³/mol. The third-order valence-corrected chi connectivity index (χ3v) is 4.90. The number of para-hydroxylation sites is 1. The molecule has 0 spiro atoms. The fourth-order valence-electron chi connectivity index (χ4n) is 2.58. The molecule has 1 atom stereocenters. The standard InChI is InChI=1S/C17H16N6OS/c1-10-8-18-16(25-10)11(2)20-17-21-14-13(15(24)22-17)9-19-23(14)12-6-4-3-5-7-12/h3-9,11H,1-2H3,(H2,20,21,22,24). The van der Waals surface area contributed by atoms with Gasteiger partial charge >= 0.3 is 0 Å². The molecule has 8 heteroatoms. The minimum atomic E-state index is -0.225. The molecule has 0 aliphatic rings. The van der Waals surface area contributed by atoms with Crippen LogP contribution in [0.5, 0.6) is 0 Å². The van der Waals surface area contributed by atoms with Crippen molar-refractivity contribution in [3.8, 4) is 5.69 Å². The first-order valence-corrected chi connectivity index (χ1v) is 8.66. The second kappa shape index (κ2) is 6.14. The van der Waals surface area contributed by atoms with Crippen LogP contribution in [0.25, 0.3) is 16.7 Å². The van der Waals surface area contributed by atoms with Crippen molar-refractivity contribution >= 4 is 28.3 Å². The zero-order valence-electron chi connectivity index (χ0n) is 13.7. The Morgan fingerprint density at radius 3 is 2.76 bits per heavy atom. The molecule has 0 aliphatic carbocycles. The van der Waals surface area contributed by atoms with E-state index in [1.165, 1.54) is 6.20 Å². The lowest BCUT2D eigenvalue weighted by Gasteiger charge is -2.11. The fraction of sp³-hybridized carbons (Fsp3) is 0.176. The van der Waals surface area contributed by atoms with Crippen LogP contribution in [0.1, 0.15) is 22.9 Å². The Labute approximate surface area is 147 Å². The van der Waals surface area contributed by atoms with Gasteiger partial charge in [0.2, 0.25) is 5.95 Å². The summed E-state index contributed by atoms with van der Waals surface area (Å²) in [6.45, 7) is 4.00. The summed E-state index contributed by atoms with van der Waals surface area (Å²) in [5.74, 6) is 0.399. The smallest absolute Gasteiger partial charge is 0.263 e. The number of thiazole rings is 1. The molecule has 25 heavy (non-hydrogen) atoms. The number of benzene rings is 1. The zero-order chi connectivity index (χ0) is 17.4. The quantitative estimate of drug-likeness (QED) is 0.589. The van der Waals surface area contributed by atoms with Gasteiger partial charge in [-0.3, -0.25) is 9.78 Å². The molecular weight excluding hydrogens is 336 g/mol. The predicted octanol–water partition coefficient (Wildman–Crippen LogP) is 3.05. The molecule has 3 heterocycles. The van der Waals surface area contributed by atoms with Gasteiger partial charge in [-0.05, 0) is 26.0 Å². The van der Waals surface area contributed by atoms with Crippen LogP contribution < -0.4 is 10.9 Å². The Bertz CT molecular complexity index is 1080. The van der Waals surface area contributed by atoms with Crippen molar-refractivity contribution in [1.82, 2.24) is 24.7 Å². The van der Waals surface area contributed by atoms with Crippen molar-refractivity contribution in [2.75, 3.05) is 5.32 Å². The Balaban J connectivity index is 1.74. The number of fused-ring (bicyclic) bond motifs is 1. The topological polar surface area (TPSA) is 88.5 Å². The molecule has 0 saturated heterocycles. The number of H-pyrrole nitrogens is 1. The van der Waals surface area contributed by atoms with Crippen LogP contribution >= 0.6 is 11.3 Å². The second-order valence-corrected chi connectivity index (χ2v) is 6.99. The van der Waals surface area contributed by atoms with Crippen molar-refractivity contribution in [3.05, 3.63) is 63.0 Å². The lowest BCUT2D eigenvalue weighted by Crippen LogP contribution is -2.16. The second-order valence-electron chi connectivity index (χ2n) is 5.72. The molecule has 0 bridgehead atoms. The van der Waals surface area contributed by atoms with Crippen molar-refractivity contribution in [1.29, 1.82) is 0 Å². The molecule has 4 rings (SSSR count). The van der Waals surface area contributed by atoms with Crippen LogP contribution in [0.4, 0.5) is 5.95 Å². The van der Waals surface area contributed by atoms with Crippen LogP contribution in [0.3, 0.4) is 0 Å². The van der Waals surface area contributed by atoms with Gasteiger partial charge in [-0.2, -0.15) is 10.1 Å². The summed E-state index contributed by atoms with van der Waals surface area (Å²) < 4.78 is 1.66. The van der Waals surface area contributed by atoms with Gasteiger partial charge in [0.05, 0.1) is 17.9 Å². The van der Waals surface area contributed by atoms with E-state index in [2.05, 4.69) is 25.4 Å². The van der Waals surface area contributed by atoms with Crippen LogP contribution in [0.2, 0.25) is 0 Å². The highest BCUT2D eigenvalue weighted by Gasteiger charge is 2.14. The van der Waals surface area contributed by atoms with Gasteiger partial charge in [-0.1, -0.05) is 18.2 Å². The molecule has 0 amide bonds. The van der Waals surface area contributed by atoms with Gasteiger partial charge in [0.25, 0.3) is 5.56 Å². The maximum absolute atomic E-state index is 12.4. The summed E-state index contributed by atoms with van der Waals surface area (Å²) in [5, 5.41) is 8.91. The van der Waals surface area contributed by atoms with Crippen molar-refractivity contribution < 1.29 is 0 Å². The van der Waals surface area contributed by atoms with Gasteiger partial charge in [-0.15, -0.1) is 11.3 Å². The Hall–Kier alpha value is -3.00. The summed E-state index contributed by atoms with van der Waals surface area (Å²) in [6.07, 6.45) is 3.37. The zero-order valence-corrected chi connectivity index (χ0v) is 14.5. The van der Waals surface area contributed by atoms with E-state index in [1.807, 2.05) is 50.4 Å². The molecule has 7 nitrogen and oxygen atoms in total. The molecular formula is C17H16N6OS. The molecule has 126 valence electrons. The monoisotopic (exact) mass is 352 g/mol. The lowest BCUT2D eigenvalue weighted by molar-refractivity contribution is 0.843. The highest BCUT2D eigenvalue weighted by Crippen LogP contribution is 2.22. The largest absolute Gasteiger partial charge is 0.347 e. The molecule has 0 fully saturated rings. The minimum absolute atomic E-state index is 0.0626. The molecule has 1 aromatic carbocycles. The molecule has 3 aromatic heterocycles. The first-order valence-electron chi connectivity index (χ1n) is 7.84. The number of aromatic nitrogens is 5. The summed E-state index contributed by atoms with van der Waals surface area (Å²) in [4.78, 5) is 25.2. The molecule has 0 aliphatic heterocycles. The average Bonchev–Trinajstić information content (AvgIpc) is 3.22. The third-order valence-electron chi connectivity index (χ3n) is 3.80. The van der Waals surface area contributed by atoms with Gasteiger partial charge in [-0.25, -0.2) is 9.67 Å². The van der Waals surface area contributed by atoms with E-state index in [0.29, 0.717) is 17.0 Å². The number of aryl methyl sites for hydroxylation is 1. The fourth-order valence-corrected chi connectivity index (χ4v) is 3.36. The van der Waals surface area contributed by atoms with Gasteiger partial charge in [0.15, 0.2) is 5.65 Å². The molecule has 4 aromatic rings. The maximum atomic E-state index is 12.4. The summed E-state index contributed by atoms with van der Waals surface area (Å²) >= 11 is 1.61. The third kappa shape index (κ3) is 2.91. The van der Waals surface area contributed by atoms with Crippen LogP contribution in [0.15, 0.2) is 47.5 Å². The number of hydrogen-bond acceptors (Lipinski definition) is 6. The SMILES string of the molecule is Cc1cnc(C(C)Nc2nc3c(cnn3-c3ccccc3)c(=O)[nH]2)s1. The van der Waals surface area contributed by atoms with E-state index in [0.717, 1.165) is 15.6 Å². The Kier molecular flexibility index (Phi) is 3.81. The maximum Gasteiger partial charge on any atom is 0.263 e. The van der Waals surface area contributed by atoms with Crippen molar-refractivity contribution in [3.63, 3.8) is 0 Å². The van der Waals surface area contributed by atoms with E-state index in [1.54, 1.807) is 16.0 Å². The van der Waals surface area contributed by atoms with Crippen LogP contribution in [-0.2, 0) is 0 Å². The summed E-state index contributed by atoms with van der Waals surface area (Å²) in [6, 6.07) is 9.55. The van der Waals surface area contributed by atoms with E-state index in [9.17, 15) is 4.79 Å². The Morgan fingerprint density at radius 2 is 2.04 bits per heavy atom. The first-order chi connectivity index (χ1) is 12.1. The van der Waals surface area contributed by atoms with Gasteiger partial charge < -0.3 is 5.32 Å². The molecule has 0 saturated carbocycles. The first kappa shape index (κ1) is 15.5. The minimum Gasteiger partial charge on any atom is -0.347 e. The van der Waals surface area contributed by atoms with Crippen molar-refractivity contribution in [2.24, 2.45) is 0 Å². The molecule has 1 unspecified atom stereocenters. The number of hydrogen-bond donors (Lipinski definition) is 2. The summed E-state index contributed by atoms with van der Waals surface area (Å²) in [5.41, 5.74) is 1.14. The highest BCUT2D eigenvalue weighted by atomic mass is 32.1. The van der Waals surface area contributed by atoms with Crippen molar-refractivity contribution in [2.45, 2.75) is 19.9 Å². The van der Waals surface area contributed by atoms with E-state index >= 15 is 0 Å².